The molecule has 0 fully saturated rings. The van der Waals surface area contributed by atoms with Gasteiger partial charge in [-0.15, -0.1) is 0 Å². The van der Waals surface area contributed by atoms with Crippen molar-refractivity contribution in [2.75, 3.05) is 19.4 Å². The van der Waals surface area contributed by atoms with E-state index in [1.807, 2.05) is 23.6 Å². The van der Waals surface area contributed by atoms with Gasteiger partial charge in [0.2, 0.25) is 6.19 Å². The molecule has 0 aliphatic heterocycles. The number of anilines is 1. The van der Waals surface area contributed by atoms with Crippen molar-refractivity contribution >= 4 is 22.8 Å². The molecule has 8 nitrogen and oxygen atoms in total. The molecule has 1 N–H and O–H groups in total. The van der Waals surface area contributed by atoms with Gasteiger partial charge in [0.15, 0.2) is 17.3 Å². The summed E-state index contributed by atoms with van der Waals surface area (Å²) in [5.74, 6) is 1.95. The minimum atomic E-state index is 0.465. The zero-order chi connectivity index (χ0) is 14.7. The first kappa shape index (κ1) is 13.7. The van der Waals surface area contributed by atoms with Crippen molar-refractivity contribution in [3.63, 3.8) is 0 Å². The maximum absolute atomic E-state index is 8.57. The maximum atomic E-state index is 8.57. The van der Waals surface area contributed by atoms with Gasteiger partial charge in [-0.25, -0.2) is 15.0 Å². The van der Waals surface area contributed by atoms with Gasteiger partial charge in [-0.1, -0.05) is 0 Å². The Morgan fingerprint density at radius 2 is 2.30 bits per heavy atom. The Balaban J connectivity index is 2.38. The lowest BCUT2D eigenvalue weighted by Crippen LogP contribution is -2.24. The fraction of sp³-hybridized carbons (Fsp3) is 0.417. The van der Waals surface area contributed by atoms with Crippen LogP contribution in [0.1, 0.15) is 12.7 Å². The van der Waals surface area contributed by atoms with Gasteiger partial charge >= 0.3 is 0 Å². The monoisotopic (exact) mass is 272 g/mol. The lowest BCUT2D eigenvalue weighted by molar-refractivity contribution is 0.481. The number of hydrogen-bond acceptors (Lipinski definition) is 6. The number of nitrogens with one attached hydrogen (secondary N) is 1. The molecule has 0 saturated carbocycles. The number of hydrogen-bond donors (Lipinski definition) is 1. The quantitative estimate of drug-likeness (QED) is 0.503. The Kier molecular flexibility index (Phi) is 3.79. The van der Waals surface area contributed by atoms with Crippen LogP contribution in [0.3, 0.4) is 0 Å². The van der Waals surface area contributed by atoms with E-state index in [0.29, 0.717) is 24.0 Å². The van der Waals surface area contributed by atoms with Gasteiger partial charge in [0.1, 0.15) is 11.4 Å². The molecule has 0 unspecified atom stereocenters. The van der Waals surface area contributed by atoms with Crippen LogP contribution >= 0.6 is 0 Å². The van der Waals surface area contributed by atoms with E-state index in [4.69, 9.17) is 5.26 Å². The summed E-state index contributed by atoms with van der Waals surface area (Å²) in [7, 11) is 5.52. The number of aryl methyl sites for hydroxylation is 1. The number of aromatic nitrogens is 4. The third-order valence-corrected chi connectivity index (χ3v) is 2.99. The van der Waals surface area contributed by atoms with E-state index < -0.39 is 0 Å². The van der Waals surface area contributed by atoms with Crippen molar-refractivity contribution in [2.45, 2.75) is 13.5 Å². The Hall–Kier alpha value is -2.69. The summed E-state index contributed by atoms with van der Waals surface area (Å²) in [6.45, 7) is 2.23. The summed E-state index contributed by atoms with van der Waals surface area (Å²) >= 11 is 0. The molecule has 0 amide bonds. The molecule has 20 heavy (non-hydrogen) atoms. The second kappa shape index (κ2) is 5.52. The number of aliphatic imine (C=N–C) groups is 1. The smallest absolute Gasteiger partial charge is 0.207 e. The van der Waals surface area contributed by atoms with Crippen LogP contribution in [0, 0.1) is 11.5 Å². The number of amidine groups is 1. The van der Waals surface area contributed by atoms with Gasteiger partial charge in [-0.05, 0) is 6.92 Å². The molecular formula is C12H16N8. The molecule has 8 heteroatoms. The van der Waals surface area contributed by atoms with Gasteiger partial charge in [0.25, 0.3) is 0 Å². The Morgan fingerprint density at radius 3 is 2.95 bits per heavy atom. The SMILES string of the molecule is CNc1nc(CN(C)C(C)=NC#N)nc2c1ncn2C. The number of imidazole rings is 1. The highest BCUT2D eigenvalue weighted by Gasteiger charge is 2.12. The summed E-state index contributed by atoms with van der Waals surface area (Å²) in [6, 6.07) is 0. The highest BCUT2D eigenvalue weighted by molar-refractivity contribution is 5.83. The Morgan fingerprint density at radius 1 is 1.55 bits per heavy atom. The van der Waals surface area contributed by atoms with Crippen LogP contribution < -0.4 is 5.32 Å². The van der Waals surface area contributed by atoms with Crippen LogP contribution in [0.25, 0.3) is 11.2 Å². The molecule has 104 valence electrons. The molecule has 2 heterocycles. The molecule has 0 bridgehead atoms. The fourth-order valence-electron chi connectivity index (χ4n) is 1.78. The minimum absolute atomic E-state index is 0.465. The van der Waals surface area contributed by atoms with Gasteiger partial charge < -0.3 is 14.8 Å². The highest BCUT2D eigenvalue weighted by Crippen LogP contribution is 2.18. The first-order valence-corrected chi connectivity index (χ1v) is 6.07. The van der Waals surface area contributed by atoms with Gasteiger partial charge in [0.05, 0.1) is 12.9 Å². The van der Waals surface area contributed by atoms with E-state index in [0.717, 1.165) is 11.2 Å². The first-order chi connectivity index (χ1) is 9.56. The van der Waals surface area contributed by atoms with Crippen LogP contribution in [0.4, 0.5) is 5.82 Å². The average Bonchev–Trinajstić information content (AvgIpc) is 2.80. The first-order valence-electron chi connectivity index (χ1n) is 6.07. The van der Waals surface area contributed by atoms with Crippen LogP contribution in [0.5, 0.6) is 0 Å². The van der Waals surface area contributed by atoms with Crippen molar-refractivity contribution in [1.82, 2.24) is 24.4 Å². The largest absolute Gasteiger partial charge is 0.371 e. The van der Waals surface area contributed by atoms with Crippen LogP contribution in [0.15, 0.2) is 11.3 Å². The Labute approximate surface area is 116 Å². The van der Waals surface area contributed by atoms with E-state index in [-0.39, 0.29) is 0 Å². The summed E-state index contributed by atoms with van der Waals surface area (Å²) in [5, 5.41) is 11.6. The predicted molar refractivity (Wildman–Crippen MR) is 76.0 cm³/mol. The molecule has 0 aliphatic rings. The van der Waals surface area contributed by atoms with Gasteiger partial charge in [0, 0.05) is 21.1 Å². The zero-order valence-corrected chi connectivity index (χ0v) is 11.9. The zero-order valence-electron chi connectivity index (χ0n) is 11.9. The summed E-state index contributed by atoms with van der Waals surface area (Å²) in [4.78, 5) is 18.7. The fourth-order valence-corrected chi connectivity index (χ4v) is 1.78. The minimum Gasteiger partial charge on any atom is -0.371 e. The van der Waals surface area contributed by atoms with Crippen molar-refractivity contribution in [3.05, 3.63) is 12.2 Å². The lowest BCUT2D eigenvalue weighted by atomic mass is 10.4. The second-order valence-electron chi connectivity index (χ2n) is 4.38. The molecule has 0 aliphatic carbocycles. The van der Waals surface area contributed by atoms with E-state index in [1.54, 1.807) is 26.5 Å². The lowest BCUT2D eigenvalue weighted by Gasteiger charge is -2.16. The van der Waals surface area contributed by atoms with E-state index in [1.165, 1.54) is 0 Å². The second-order valence-corrected chi connectivity index (χ2v) is 4.38. The van der Waals surface area contributed by atoms with E-state index in [9.17, 15) is 0 Å². The van der Waals surface area contributed by atoms with Crippen molar-refractivity contribution in [3.8, 4) is 6.19 Å². The number of nitriles is 1. The summed E-state index contributed by atoms with van der Waals surface area (Å²) in [5.41, 5.74) is 1.51. The number of nitrogens with zero attached hydrogens (tertiary/aromatic N) is 7. The molecule has 0 radical (unpaired) electrons. The summed E-state index contributed by atoms with van der Waals surface area (Å²) in [6.07, 6.45) is 3.47. The van der Waals surface area contributed by atoms with Crippen LogP contribution in [-0.2, 0) is 13.6 Å². The van der Waals surface area contributed by atoms with Gasteiger partial charge in [-0.3, -0.25) is 0 Å². The summed E-state index contributed by atoms with van der Waals surface area (Å²) < 4.78 is 1.84. The maximum Gasteiger partial charge on any atom is 0.207 e. The van der Waals surface area contributed by atoms with Crippen LogP contribution in [-0.4, -0.2) is 44.3 Å². The van der Waals surface area contributed by atoms with E-state index in [2.05, 4.69) is 25.3 Å². The molecule has 2 aromatic rings. The van der Waals surface area contributed by atoms with E-state index >= 15 is 0 Å². The van der Waals surface area contributed by atoms with Crippen molar-refractivity contribution in [1.29, 1.82) is 5.26 Å². The van der Waals surface area contributed by atoms with Crippen LogP contribution in [0.2, 0.25) is 0 Å². The molecule has 0 saturated heterocycles. The molecule has 2 aromatic heterocycles. The number of rotatable bonds is 3. The highest BCUT2D eigenvalue weighted by atomic mass is 15.2. The normalized spacial score (nSPS) is 11.4. The van der Waals surface area contributed by atoms with Crippen molar-refractivity contribution in [2.24, 2.45) is 12.0 Å². The van der Waals surface area contributed by atoms with Crippen molar-refractivity contribution < 1.29 is 0 Å². The third kappa shape index (κ3) is 2.51. The standard InChI is InChI=1S/C12H16N8/c1-8(15-6-13)19(3)5-9-17-11(14-2)10-12(18-9)20(4)7-16-10/h7H,5H2,1-4H3,(H,14,17,18). The Bertz CT molecular complexity index is 693. The molecule has 2 rings (SSSR count). The topological polar surface area (TPSA) is 95.0 Å². The molecular weight excluding hydrogens is 256 g/mol. The average molecular weight is 272 g/mol. The third-order valence-electron chi connectivity index (χ3n) is 2.99. The number of fused-ring (bicyclic) bond motifs is 1. The molecule has 0 spiro atoms. The molecule has 0 atom stereocenters. The molecule has 0 aromatic carbocycles. The van der Waals surface area contributed by atoms with Gasteiger partial charge in [-0.2, -0.15) is 10.3 Å². The predicted octanol–water partition coefficient (Wildman–Crippen LogP) is 0.736.